The van der Waals surface area contributed by atoms with Gasteiger partial charge in [0.05, 0.1) is 0 Å². The Morgan fingerprint density at radius 1 is 0.548 bits per heavy atom. The Bertz CT molecular complexity index is 860. The predicted molar refractivity (Wildman–Crippen MR) is 135 cm³/mol. The Balaban J connectivity index is 0.00000113. The highest BCUT2D eigenvalue weighted by Crippen LogP contribution is 2.24. The van der Waals surface area contributed by atoms with Gasteiger partial charge in [-0.15, -0.1) is 0 Å². The van der Waals surface area contributed by atoms with E-state index in [1.165, 1.54) is 22.3 Å². The van der Waals surface area contributed by atoms with Gasteiger partial charge in [-0.3, -0.25) is 0 Å². The van der Waals surface area contributed by atoms with Crippen molar-refractivity contribution in [1.29, 1.82) is 0 Å². The molecule has 164 valence electrons. The van der Waals surface area contributed by atoms with Crippen molar-refractivity contribution in [2.45, 2.75) is 34.1 Å². The fraction of sp³-hybridized carbons (Fsp3) is 0.241. The monoisotopic (exact) mass is 416 g/mol. The van der Waals surface area contributed by atoms with E-state index in [1.807, 2.05) is 52.0 Å². The first kappa shape index (κ1) is 25.8. The quantitative estimate of drug-likeness (QED) is 0.328. The van der Waals surface area contributed by atoms with Crippen LogP contribution >= 0.6 is 0 Å². The minimum Gasteiger partial charge on any atom is -0.490 e. The van der Waals surface area contributed by atoms with Crippen molar-refractivity contribution in [2.75, 3.05) is 13.2 Å². The van der Waals surface area contributed by atoms with Crippen LogP contribution in [0.3, 0.4) is 0 Å². The van der Waals surface area contributed by atoms with Gasteiger partial charge in [0.15, 0.2) is 0 Å². The molecule has 0 unspecified atom stereocenters. The average Bonchev–Trinajstić information content (AvgIpc) is 2.86. The van der Waals surface area contributed by atoms with Crippen LogP contribution in [-0.2, 0) is 6.42 Å². The molecule has 0 spiro atoms. The van der Waals surface area contributed by atoms with Crippen molar-refractivity contribution in [3.8, 4) is 22.6 Å². The molecule has 0 aromatic heterocycles. The third-order valence-electron chi connectivity index (χ3n) is 4.21. The van der Waals surface area contributed by atoms with Gasteiger partial charge in [0.1, 0.15) is 24.7 Å². The maximum atomic E-state index is 5.53. The van der Waals surface area contributed by atoms with Crippen molar-refractivity contribution in [3.05, 3.63) is 109 Å². The van der Waals surface area contributed by atoms with Crippen molar-refractivity contribution < 1.29 is 9.47 Å². The number of rotatable bonds is 9. The minimum atomic E-state index is 0.523. The van der Waals surface area contributed by atoms with Gasteiger partial charge >= 0.3 is 0 Å². The maximum Gasteiger partial charge on any atom is 0.119 e. The number of hydrogen-bond donors (Lipinski definition) is 0. The largest absolute Gasteiger partial charge is 0.490 e. The van der Waals surface area contributed by atoms with Gasteiger partial charge in [0, 0.05) is 0 Å². The summed E-state index contributed by atoms with van der Waals surface area (Å²) in [7, 11) is 0. The smallest absolute Gasteiger partial charge is 0.119 e. The Kier molecular flexibility index (Phi) is 12.9. The molecule has 0 fully saturated rings. The molecule has 3 aromatic rings. The van der Waals surface area contributed by atoms with Crippen LogP contribution < -0.4 is 9.47 Å². The van der Waals surface area contributed by atoms with Crippen molar-refractivity contribution in [1.82, 2.24) is 0 Å². The van der Waals surface area contributed by atoms with E-state index in [0.717, 1.165) is 17.9 Å². The lowest BCUT2D eigenvalue weighted by molar-refractivity contribution is 0.363. The molecule has 0 radical (unpaired) electrons. The van der Waals surface area contributed by atoms with Gasteiger partial charge < -0.3 is 9.47 Å². The highest BCUT2D eigenvalue weighted by molar-refractivity contribution is 5.64. The van der Waals surface area contributed by atoms with Crippen molar-refractivity contribution >= 4 is 0 Å². The number of ether oxygens (including phenoxy) is 2. The van der Waals surface area contributed by atoms with Crippen LogP contribution in [0.15, 0.2) is 98.1 Å². The first-order valence-corrected chi connectivity index (χ1v) is 11.0. The summed E-state index contributed by atoms with van der Waals surface area (Å²) in [6.07, 6.45) is 4.39. The molecule has 0 amide bonds. The molecular weight excluding hydrogens is 380 g/mol. The van der Waals surface area contributed by atoms with Crippen LogP contribution in [0.5, 0.6) is 11.5 Å². The molecule has 0 saturated heterocycles. The summed E-state index contributed by atoms with van der Waals surface area (Å²) in [5.74, 6) is 1.73. The molecule has 0 aliphatic rings. The van der Waals surface area contributed by atoms with Crippen LogP contribution in [0, 0.1) is 0 Å². The van der Waals surface area contributed by atoms with Crippen LogP contribution in [-0.4, -0.2) is 13.2 Å². The van der Waals surface area contributed by atoms with Gasteiger partial charge in [0.25, 0.3) is 0 Å². The van der Waals surface area contributed by atoms with Gasteiger partial charge in [-0.2, -0.15) is 0 Å². The molecular formula is C29H36O2. The normalized spacial score (nSPS) is 9.29. The van der Waals surface area contributed by atoms with Crippen molar-refractivity contribution in [3.63, 3.8) is 0 Å². The fourth-order valence-corrected chi connectivity index (χ4v) is 2.81. The van der Waals surface area contributed by atoms with Gasteiger partial charge in [0.2, 0.25) is 0 Å². The third kappa shape index (κ3) is 8.96. The average molecular weight is 417 g/mol. The van der Waals surface area contributed by atoms with E-state index in [1.54, 1.807) is 12.2 Å². The Hall–Kier alpha value is -3.26. The lowest BCUT2D eigenvalue weighted by Crippen LogP contribution is -1.93. The molecule has 0 aliphatic heterocycles. The molecule has 0 aliphatic carbocycles. The van der Waals surface area contributed by atoms with Crippen LogP contribution in [0.4, 0.5) is 0 Å². The zero-order chi connectivity index (χ0) is 22.9. The predicted octanol–water partition coefficient (Wildman–Crippen LogP) is 8.13. The molecule has 0 atom stereocenters. The molecule has 0 saturated carbocycles. The highest BCUT2D eigenvalue weighted by atomic mass is 16.5. The molecule has 0 heterocycles. The van der Waals surface area contributed by atoms with E-state index in [0.29, 0.717) is 13.2 Å². The first-order chi connectivity index (χ1) is 15.3. The Labute approximate surface area is 188 Å². The van der Waals surface area contributed by atoms with E-state index in [4.69, 9.17) is 9.47 Å². The molecule has 2 nitrogen and oxygen atoms in total. The lowest BCUT2D eigenvalue weighted by atomic mass is 10.0. The van der Waals surface area contributed by atoms with E-state index in [2.05, 4.69) is 61.7 Å². The fourth-order valence-electron chi connectivity index (χ4n) is 2.81. The standard InChI is InChI=1S/C25H24O2.2C2H6/c1-3-17-26-24-13-7-21(8-14-24)19-20-5-9-22(10-6-20)23-11-15-25(16-12-23)27-18-4-2;2*1-2/h3-16H,1-2,17-19H2;2*1-2H3. The highest BCUT2D eigenvalue weighted by Gasteiger charge is 2.01. The zero-order valence-electron chi connectivity index (χ0n) is 19.4. The van der Waals surface area contributed by atoms with Crippen LogP contribution in [0.1, 0.15) is 38.8 Å². The summed E-state index contributed by atoms with van der Waals surface area (Å²) in [6.45, 7) is 16.4. The maximum absolute atomic E-state index is 5.53. The van der Waals surface area contributed by atoms with E-state index in [-0.39, 0.29) is 0 Å². The first-order valence-electron chi connectivity index (χ1n) is 11.0. The summed E-state index contributed by atoms with van der Waals surface area (Å²) in [4.78, 5) is 0. The molecule has 3 aromatic carbocycles. The second-order valence-electron chi connectivity index (χ2n) is 6.24. The summed E-state index contributed by atoms with van der Waals surface area (Å²) >= 11 is 0. The minimum absolute atomic E-state index is 0.523. The van der Waals surface area contributed by atoms with E-state index < -0.39 is 0 Å². The van der Waals surface area contributed by atoms with E-state index >= 15 is 0 Å². The molecule has 3 rings (SSSR count). The summed E-state index contributed by atoms with van der Waals surface area (Å²) in [5.41, 5.74) is 4.92. The van der Waals surface area contributed by atoms with Crippen LogP contribution in [0.2, 0.25) is 0 Å². The summed E-state index contributed by atoms with van der Waals surface area (Å²) in [5, 5.41) is 0. The van der Waals surface area contributed by atoms with Crippen molar-refractivity contribution in [2.24, 2.45) is 0 Å². The third-order valence-corrected chi connectivity index (χ3v) is 4.21. The lowest BCUT2D eigenvalue weighted by Gasteiger charge is -2.08. The second-order valence-corrected chi connectivity index (χ2v) is 6.24. The summed E-state index contributed by atoms with van der Waals surface area (Å²) in [6, 6.07) is 25.0. The number of benzene rings is 3. The SMILES string of the molecule is C=CCOc1ccc(Cc2ccc(-c3ccc(OCC=C)cc3)cc2)cc1.CC.CC. The molecule has 0 N–H and O–H groups in total. The van der Waals surface area contributed by atoms with E-state index in [9.17, 15) is 0 Å². The van der Waals surface area contributed by atoms with Gasteiger partial charge in [-0.25, -0.2) is 0 Å². The Morgan fingerprint density at radius 2 is 0.871 bits per heavy atom. The molecule has 31 heavy (non-hydrogen) atoms. The summed E-state index contributed by atoms with van der Waals surface area (Å²) < 4.78 is 11.1. The molecule has 2 heteroatoms. The Morgan fingerprint density at radius 3 is 1.26 bits per heavy atom. The van der Waals surface area contributed by atoms with Gasteiger partial charge in [-0.1, -0.05) is 102 Å². The zero-order valence-corrected chi connectivity index (χ0v) is 19.4. The number of hydrogen-bond acceptors (Lipinski definition) is 2. The van der Waals surface area contributed by atoms with Crippen LogP contribution in [0.25, 0.3) is 11.1 Å². The second kappa shape index (κ2) is 15.6. The topological polar surface area (TPSA) is 18.5 Å². The van der Waals surface area contributed by atoms with Gasteiger partial charge in [-0.05, 0) is 52.9 Å². The molecule has 0 bridgehead atoms.